The second-order valence-electron chi connectivity index (χ2n) is 5.44. The van der Waals surface area contributed by atoms with E-state index in [2.05, 4.69) is 10.6 Å². The summed E-state index contributed by atoms with van der Waals surface area (Å²) < 4.78 is 0. The third kappa shape index (κ3) is 4.26. The van der Waals surface area contributed by atoms with Gasteiger partial charge in [-0.1, -0.05) is 37.6 Å². The lowest BCUT2D eigenvalue weighted by Gasteiger charge is -2.24. The van der Waals surface area contributed by atoms with Crippen molar-refractivity contribution in [3.8, 4) is 0 Å². The Balaban J connectivity index is 2.10. The zero-order chi connectivity index (χ0) is 16.8. The number of halogens is 1. The van der Waals surface area contributed by atoms with Crippen LogP contribution in [0.3, 0.4) is 0 Å². The zero-order valence-corrected chi connectivity index (χ0v) is 14.2. The highest BCUT2D eigenvalue weighted by molar-refractivity contribution is 6.33. The van der Waals surface area contributed by atoms with Crippen LogP contribution >= 0.6 is 11.6 Å². The Morgan fingerprint density at radius 2 is 2.13 bits per heavy atom. The number of anilines is 1. The van der Waals surface area contributed by atoms with Gasteiger partial charge in [-0.3, -0.25) is 4.79 Å². The fourth-order valence-corrected chi connectivity index (χ4v) is 2.62. The van der Waals surface area contributed by atoms with E-state index >= 15 is 0 Å². The first-order chi connectivity index (χ1) is 11.1. The summed E-state index contributed by atoms with van der Waals surface area (Å²) in [5, 5.41) is 6.02. The van der Waals surface area contributed by atoms with Crippen LogP contribution in [0.2, 0.25) is 5.02 Å². The summed E-state index contributed by atoms with van der Waals surface area (Å²) in [5.41, 5.74) is 0.923. The molecule has 2 rings (SSSR count). The number of nitrogens with zero attached hydrogens (tertiary/aromatic N) is 1. The molecule has 1 atom stereocenters. The number of urea groups is 1. The molecule has 0 aliphatic carbocycles. The molecule has 5 nitrogen and oxygen atoms in total. The van der Waals surface area contributed by atoms with Crippen LogP contribution < -0.4 is 10.6 Å². The van der Waals surface area contributed by atoms with Crippen LogP contribution in [0.25, 0.3) is 0 Å². The Bertz CT molecular complexity index is 616. The lowest BCUT2D eigenvalue weighted by Crippen LogP contribution is -2.39. The van der Waals surface area contributed by atoms with Gasteiger partial charge in [-0.15, -0.1) is 0 Å². The van der Waals surface area contributed by atoms with E-state index in [4.69, 9.17) is 11.6 Å². The number of benzene rings is 1. The van der Waals surface area contributed by atoms with Gasteiger partial charge in [0.05, 0.1) is 16.8 Å². The summed E-state index contributed by atoms with van der Waals surface area (Å²) in [6.07, 6.45) is 5.72. The SMILES string of the molecule is CCCNC(=O)c1ccc(Cl)c(NC(=O)N2CC=CC2CC)c1. The summed E-state index contributed by atoms with van der Waals surface area (Å²) in [4.78, 5) is 26.2. The topological polar surface area (TPSA) is 61.4 Å². The number of nitrogens with one attached hydrogen (secondary N) is 2. The predicted molar refractivity (Wildman–Crippen MR) is 93.0 cm³/mol. The first-order valence-electron chi connectivity index (χ1n) is 7.88. The molecule has 2 N–H and O–H groups in total. The largest absolute Gasteiger partial charge is 0.352 e. The van der Waals surface area contributed by atoms with Crippen molar-refractivity contribution in [2.45, 2.75) is 32.7 Å². The molecule has 0 spiro atoms. The highest BCUT2D eigenvalue weighted by Crippen LogP contribution is 2.24. The maximum Gasteiger partial charge on any atom is 0.322 e. The van der Waals surface area contributed by atoms with Crippen LogP contribution in [0, 0.1) is 0 Å². The minimum Gasteiger partial charge on any atom is -0.352 e. The Morgan fingerprint density at radius 1 is 1.35 bits per heavy atom. The van der Waals surface area contributed by atoms with E-state index in [1.54, 1.807) is 23.1 Å². The van der Waals surface area contributed by atoms with E-state index in [1.165, 1.54) is 0 Å². The summed E-state index contributed by atoms with van der Waals surface area (Å²) in [6, 6.07) is 4.77. The molecule has 1 aromatic rings. The van der Waals surface area contributed by atoms with Gasteiger partial charge < -0.3 is 15.5 Å². The molecule has 0 aromatic heterocycles. The molecule has 124 valence electrons. The predicted octanol–water partition coefficient (Wildman–Crippen LogP) is 3.66. The highest BCUT2D eigenvalue weighted by atomic mass is 35.5. The molecule has 6 heteroatoms. The van der Waals surface area contributed by atoms with Crippen molar-refractivity contribution in [3.05, 3.63) is 40.9 Å². The van der Waals surface area contributed by atoms with Crippen molar-refractivity contribution in [1.82, 2.24) is 10.2 Å². The number of rotatable bonds is 5. The molecule has 1 aromatic carbocycles. The van der Waals surface area contributed by atoms with Gasteiger partial charge in [0.1, 0.15) is 0 Å². The monoisotopic (exact) mass is 335 g/mol. The van der Waals surface area contributed by atoms with Gasteiger partial charge in [-0.2, -0.15) is 0 Å². The molecule has 1 heterocycles. The number of hydrogen-bond donors (Lipinski definition) is 2. The molecule has 0 saturated heterocycles. The van der Waals surface area contributed by atoms with Gasteiger partial charge in [0.15, 0.2) is 0 Å². The van der Waals surface area contributed by atoms with Crippen LogP contribution in [0.1, 0.15) is 37.0 Å². The van der Waals surface area contributed by atoms with E-state index in [0.29, 0.717) is 29.4 Å². The average Bonchev–Trinajstić information content (AvgIpc) is 3.03. The quantitative estimate of drug-likeness (QED) is 0.807. The second-order valence-corrected chi connectivity index (χ2v) is 5.84. The Hall–Kier alpha value is -2.01. The van der Waals surface area contributed by atoms with E-state index in [-0.39, 0.29) is 18.0 Å². The van der Waals surface area contributed by atoms with Gasteiger partial charge in [-0.25, -0.2) is 4.79 Å². The average molecular weight is 336 g/mol. The van der Waals surface area contributed by atoms with Gasteiger partial charge in [-0.05, 0) is 31.0 Å². The van der Waals surface area contributed by atoms with Gasteiger partial charge in [0.25, 0.3) is 5.91 Å². The molecule has 0 bridgehead atoms. The highest BCUT2D eigenvalue weighted by Gasteiger charge is 2.23. The molecule has 0 radical (unpaired) electrons. The van der Waals surface area contributed by atoms with E-state index in [0.717, 1.165) is 12.8 Å². The fraction of sp³-hybridized carbons (Fsp3) is 0.412. The van der Waals surface area contributed by atoms with E-state index < -0.39 is 0 Å². The van der Waals surface area contributed by atoms with Gasteiger partial charge in [0.2, 0.25) is 0 Å². The molecule has 1 unspecified atom stereocenters. The normalized spacial score (nSPS) is 16.5. The van der Waals surface area contributed by atoms with Crippen molar-refractivity contribution in [2.75, 3.05) is 18.4 Å². The van der Waals surface area contributed by atoms with E-state index in [1.807, 2.05) is 26.0 Å². The van der Waals surface area contributed by atoms with E-state index in [9.17, 15) is 9.59 Å². The van der Waals surface area contributed by atoms with Crippen molar-refractivity contribution < 1.29 is 9.59 Å². The summed E-state index contributed by atoms with van der Waals surface area (Å²) in [6.45, 7) is 5.22. The smallest absolute Gasteiger partial charge is 0.322 e. The number of amides is 3. The number of carbonyl (C=O) groups is 2. The van der Waals surface area contributed by atoms with Gasteiger partial charge >= 0.3 is 6.03 Å². The van der Waals surface area contributed by atoms with Crippen molar-refractivity contribution in [2.24, 2.45) is 0 Å². The lowest BCUT2D eigenvalue weighted by molar-refractivity contribution is 0.0953. The van der Waals surface area contributed by atoms with Crippen molar-refractivity contribution in [3.63, 3.8) is 0 Å². The summed E-state index contributed by atoms with van der Waals surface area (Å²) in [5.74, 6) is -0.173. The van der Waals surface area contributed by atoms with Crippen molar-refractivity contribution in [1.29, 1.82) is 0 Å². The molecule has 1 aliphatic rings. The minimum atomic E-state index is -0.213. The Labute approximate surface area is 141 Å². The third-order valence-electron chi connectivity index (χ3n) is 3.75. The molecular formula is C17H22ClN3O2. The molecule has 0 saturated carbocycles. The zero-order valence-electron chi connectivity index (χ0n) is 13.4. The fourth-order valence-electron chi connectivity index (χ4n) is 2.45. The minimum absolute atomic E-state index is 0.102. The summed E-state index contributed by atoms with van der Waals surface area (Å²) >= 11 is 6.15. The standard InChI is InChI=1S/C17H22ClN3O2/c1-3-9-19-16(22)12-7-8-14(18)15(11-12)20-17(23)21-10-5-6-13(21)4-2/h5-8,11,13H,3-4,9-10H2,1-2H3,(H,19,22)(H,20,23). The molecule has 3 amide bonds. The van der Waals surface area contributed by atoms with Crippen molar-refractivity contribution >= 4 is 29.2 Å². The van der Waals surface area contributed by atoms with Crippen LogP contribution in [0.15, 0.2) is 30.4 Å². The Morgan fingerprint density at radius 3 is 2.83 bits per heavy atom. The number of hydrogen-bond acceptors (Lipinski definition) is 2. The van der Waals surface area contributed by atoms with Crippen LogP contribution in [0.4, 0.5) is 10.5 Å². The van der Waals surface area contributed by atoms with Crippen LogP contribution in [-0.4, -0.2) is 36.0 Å². The Kier molecular flexibility index (Phi) is 6.04. The molecule has 23 heavy (non-hydrogen) atoms. The van der Waals surface area contributed by atoms with Crippen LogP contribution in [-0.2, 0) is 0 Å². The first kappa shape index (κ1) is 17.3. The third-order valence-corrected chi connectivity index (χ3v) is 4.08. The molecule has 1 aliphatic heterocycles. The van der Waals surface area contributed by atoms with Gasteiger partial charge in [0, 0.05) is 18.7 Å². The first-order valence-corrected chi connectivity index (χ1v) is 8.26. The molecule has 0 fully saturated rings. The second kappa shape index (κ2) is 8.02. The maximum atomic E-state index is 12.4. The summed E-state index contributed by atoms with van der Waals surface area (Å²) in [7, 11) is 0. The maximum absolute atomic E-state index is 12.4. The van der Waals surface area contributed by atoms with Crippen LogP contribution in [0.5, 0.6) is 0 Å². The number of carbonyl (C=O) groups excluding carboxylic acids is 2. The molecular weight excluding hydrogens is 314 g/mol. The lowest BCUT2D eigenvalue weighted by atomic mass is 10.2.